The van der Waals surface area contributed by atoms with E-state index in [0.29, 0.717) is 13.1 Å². The predicted molar refractivity (Wildman–Crippen MR) is 128 cm³/mol. The third-order valence-electron chi connectivity index (χ3n) is 5.15. The fourth-order valence-corrected chi connectivity index (χ4v) is 5.38. The van der Waals surface area contributed by atoms with E-state index in [9.17, 15) is 4.79 Å². The van der Waals surface area contributed by atoms with Gasteiger partial charge in [-0.3, -0.25) is 0 Å². The minimum atomic E-state index is -0.00287. The summed E-state index contributed by atoms with van der Waals surface area (Å²) in [6, 6.07) is 8.42. The molecule has 0 unspecified atom stereocenters. The van der Waals surface area contributed by atoms with Crippen LogP contribution in [0.2, 0.25) is 0 Å². The molecule has 0 radical (unpaired) electrons. The fourth-order valence-electron chi connectivity index (χ4n) is 3.60. The number of fused-ring (bicyclic) bond motifs is 2. The van der Waals surface area contributed by atoms with Crippen molar-refractivity contribution in [3.63, 3.8) is 0 Å². The predicted octanol–water partition coefficient (Wildman–Crippen LogP) is 5.25. The summed E-state index contributed by atoms with van der Waals surface area (Å²) in [5.41, 5.74) is 5.09. The van der Waals surface area contributed by atoms with Crippen molar-refractivity contribution in [1.82, 2.24) is 25.2 Å². The zero-order valence-corrected chi connectivity index (χ0v) is 18.9. The van der Waals surface area contributed by atoms with Crippen LogP contribution < -0.4 is 10.6 Å². The molecule has 5 rings (SSSR count). The molecule has 0 bridgehead atoms. The third-order valence-corrected chi connectivity index (χ3v) is 7.06. The SMILES string of the molecule is CC(C)NC(=O)N1CC=C(c2cc3c(Nc4ccc5ncsc5c4)ncnc3s2)CC1. The van der Waals surface area contributed by atoms with Crippen molar-refractivity contribution in [1.29, 1.82) is 0 Å². The number of nitrogens with one attached hydrogen (secondary N) is 2. The Bertz CT molecular complexity index is 1290. The van der Waals surface area contributed by atoms with Gasteiger partial charge in [-0.05, 0) is 50.1 Å². The molecule has 0 aliphatic carbocycles. The van der Waals surface area contributed by atoms with Crippen LogP contribution in [0.5, 0.6) is 0 Å². The maximum absolute atomic E-state index is 12.2. The van der Waals surface area contributed by atoms with Crippen LogP contribution in [-0.4, -0.2) is 45.0 Å². The van der Waals surface area contributed by atoms with Crippen LogP contribution in [0.3, 0.4) is 0 Å². The summed E-state index contributed by atoms with van der Waals surface area (Å²) < 4.78 is 1.14. The van der Waals surface area contributed by atoms with E-state index in [-0.39, 0.29) is 12.1 Å². The summed E-state index contributed by atoms with van der Waals surface area (Å²) >= 11 is 3.29. The molecule has 0 saturated carbocycles. The van der Waals surface area contributed by atoms with Gasteiger partial charge in [0, 0.05) is 29.7 Å². The summed E-state index contributed by atoms with van der Waals surface area (Å²) in [6.07, 6.45) is 4.58. The quantitative estimate of drug-likeness (QED) is 0.444. The van der Waals surface area contributed by atoms with Crippen molar-refractivity contribution in [2.45, 2.75) is 26.3 Å². The molecule has 31 heavy (non-hydrogen) atoms. The highest BCUT2D eigenvalue weighted by molar-refractivity contribution is 7.19. The van der Waals surface area contributed by atoms with E-state index in [0.717, 1.165) is 38.4 Å². The molecule has 0 spiro atoms. The second kappa shape index (κ2) is 8.24. The van der Waals surface area contributed by atoms with E-state index in [1.165, 1.54) is 10.5 Å². The number of anilines is 2. The van der Waals surface area contributed by atoms with Crippen molar-refractivity contribution in [2.75, 3.05) is 18.4 Å². The van der Waals surface area contributed by atoms with E-state index in [1.54, 1.807) is 29.0 Å². The van der Waals surface area contributed by atoms with Gasteiger partial charge in [-0.2, -0.15) is 0 Å². The molecule has 1 aliphatic heterocycles. The van der Waals surface area contributed by atoms with E-state index in [1.807, 2.05) is 36.4 Å². The first-order valence-corrected chi connectivity index (χ1v) is 11.9. The molecule has 2 N–H and O–H groups in total. The summed E-state index contributed by atoms with van der Waals surface area (Å²) in [5.74, 6) is 0.797. The maximum atomic E-state index is 12.2. The normalized spacial score (nSPS) is 14.3. The summed E-state index contributed by atoms with van der Waals surface area (Å²) in [4.78, 5) is 29.5. The smallest absolute Gasteiger partial charge is 0.317 e. The van der Waals surface area contributed by atoms with Gasteiger partial charge < -0.3 is 15.5 Å². The lowest BCUT2D eigenvalue weighted by atomic mass is 10.1. The highest BCUT2D eigenvalue weighted by Crippen LogP contribution is 2.36. The molecule has 3 aromatic heterocycles. The number of amides is 2. The monoisotopic (exact) mass is 450 g/mol. The number of carbonyl (C=O) groups excluding carboxylic acids is 1. The number of urea groups is 1. The lowest BCUT2D eigenvalue weighted by molar-refractivity contribution is 0.200. The molecule has 0 saturated heterocycles. The molecule has 4 aromatic rings. The van der Waals surface area contributed by atoms with Crippen LogP contribution in [0.1, 0.15) is 25.1 Å². The molecule has 4 heterocycles. The largest absolute Gasteiger partial charge is 0.340 e. The minimum Gasteiger partial charge on any atom is -0.340 e. The van der Waals surface area contributed by atoms with Crippen molar-refractivity contribution >= 4 is 66.2 Å². The highest BCUT2D eigenvalue weighted by Gasteiger charge is 2.20. The number of thiophene rings is 1. The Morgan fingerprint density at radius 2 is 2.10 bits per heavy atom. The number of hydrogen-bond donors (Lipinski definition) is 2. The molecule has 9 heteroatoms. The first kappa shape index (κ1) is 19.9. The molecule has 1 aromatic carbocycles. The van der Waals surface area contributed by atoms with Crippen LogP contribution in [0.15, 0.2) is 42.2 Å². The topological polar surface area (TPSA) is 83.0 Å². The lowest BCUT2D eigenvalue weighted by Crippen LogP contribution is -2.44. The molecule has 158 valence electrons. The Morgan fingerprint density at radius 1 is 1.19 bits per heavy atom. The van der Waals surface area contributed by atoms with Crippen LogP contribution >= 0.6 is 22.7 Å². The number of carbonyl (C=O) groups is 1. The van der Waals surface area contributed by atoms with Gasteiger partial charge in [-0.1, -0.05) is 6.08 Å². The van der Waals surface area contributed by atoms with Crippen molar-refractivity contribution in [2.24, 2.45) is 0 Å². The van der Waals surface area contributed by atoms with E-state index >= 15 is 0 Å². The average molecular weight is 451 g/mol. The first-order valence-electron chi connectivity index (χ1n) is 10.2. The number of nitrogens with zero attached hydrogens (tertiary/aromatic N) is 4. The molecular formula is C22H22N6OS2. The average Bonchev–Trinajstić information content (AvgIpc) is 3.40. The number of rotatable bonds is 4. The first-order chi connectivity index (χ1) is 15.1. The molecule has 1 aliphatic rings. The maximum Gasteiger partial charge on any atom is 0.317 e. The van der Waals surface area contributed by atoms with Crippen LogP contribution in [0.25, 0.3) is 26.0 Å². The molecule has 2 amide bonds. The van der Waals surface area contributed by atoms with Gasteiger partial charge in [0.25, 0.3) is 0 Å². The van der Waals surface area contributed by atoms with Gasteiger partial charge in [0.05, 0.1) is 21.1 Å². The number of thiazole rings is 1. The highest BCUT2D eigenvalue weighted by atomic mass is 32.1. The van der Waals surface area contributed by atoms with Gasteiger partial charge in [0.2, 0.25) is 0 Å². The third kappa shape index (κ3) is 4.11. The number of benzene rings is 1. The second-order valence-corrected chi connectivity index (χ2v) is 9.66. The minimum absolute atomic E-state index is 0.00287. The van der Waals surface area contributed by atoms with Crippen LogP contribution in [0.4, 0.5) is 16.3 Å². The molecule has 0 fully saturated rings. The van der Waals surface area contributed by atoms with E-state index < -0.39 is 0 Å². The van der Waals surface area contributed by atoms with Gasteiger partial charge in [-0.15, -0.1) is 22.7 Å². The number of hydrogen-bond acceptors (Lipinski definition) is 7. The van der Waals surface area contributed by atoms with Crippen molar-refractivity contribution in [3.05, 3.63) is 47.1 Å². The Hall–Kier alpha value is -3.04. The molecular weight excluding hydrogens is 428 g/mol. The fraction of sp³-hybridized carbons (Fsp3) is 0.273. The van der Waals surface area contributed by atoms with Crippen molar-refractivity contribution < 1.29 is 4.79 Å². The lowest BCUT2D eigenvalue weighted by Gasteiger charge is -2.27. The standard InChI is InChI=1S/C22H22N6OS2/c1-13(2)26-22(29)28-7-5-14(6-8-28)18-10-16-20(23-11-24-21(16)31-18)27-15-3-4-17-19(9-15)30-12-25-17/h3-5,9-13H,6-8H2,1-2H3,(H,26,29)(H,23,24,27). The zero-order valence-electron chi connectivity index (χ0n) is 17.3. The van der Waals surface area contributed by atoms with Crippen LogP contribution in [-0.2, 0) is 0 Å². The van der Waals surface area contributed by atoms with Gasteiger partial charge >= 0.3 is 6.03 Å². The Labute approximate surface area is 187 Å². The van der Waals surface area contributed by atoms with E-state index in [4.69, 9.17) is 0 Å². The van der Waals surface area contributed by atoms with Crippen LogP contribution in [0, 0.1) is 0 Å². The molecule has 0 atom stereocenters. The van der Waals surface area contributed by atoms with Gasteiger partial charge in [0.15, 0.2) is 0 Å². The van der Waals surface area contributed by atoms with Gasteiger partial charge in [-0.25, -0.2) is 19.7 Å². The Morgan fingerprint density at radius 3 is 2.90 bits per heavy atom. The summed E-state index contributed by atoms with van der Waals surface area (Å²) in [6.45, 7) is 5.28. The Balaban J connectivity index is 1.38. The van der Waals surface area contributed by atoms with E-state index in [2.05, 4.69) is 43.8 Å². The van der Waals surface area contributed by atoms with Crippen molar-refractivity contribution in [3.8, 4) is 0 Å². The second-order valence-electron chi connectivity index (χ2n) is 7.74. The number of aromatic nitrogens is 3. The zero-order chi connectivity index (χ0) is 21.4. The molecule has 7 nitrogen and oxygen atoms in total. The summed E-state index contributed by atoms with van der Waals surface area (Å²) in [5, 5.41) is 7.41. The Kier molecular flexibility index (Phi) is 5.29. The summed E-state index contributed by atoms with van der Waals surface area (Å²) in [7, 11) is 0. The van der Waals surface area contributed by atoms with Gasteiger partial charge in [0.1, 0.15) is 17.0 Å².